The third-order valence-corrected chi connectivity index (χ3v) is 5.41. The molecule has 1 aliphatic heterocycles. The van der Waals surface area contributed by atoms with Gasteiger partial charge < -0.3 is 10.1 Å². The summed E-state index contributed by atoms with van der Waals surface area (Å²) in [6.45, 7) is 6.28. The van der Waals surface area contributed by atoms with Crippen LogP contribution in [0.5, 0.6) is 5.75 Å². The zero-order valence-electron chi connectivity index (χ0n) is 17.8. The van der Waals surface area contributed by atoms with Crippen molar-refractivity contribution < 1.29 is 14.3 Å². The minimum atomic E-state index is -0.385. The lowest BCUT2D eigenvalue weighted by atomic mass is 10.0. The van der Waals surface area contributed by atoms with E-state index in [-0.39, 0.29) is 17.5 Å². The molecule has 2 amide bonds. The van der Waals surface area contributed by atoms with E-state index in [2.05, 4.69) is 5.32 Å². The van der Waals surface area contributed by atoms with Gasteiger partial charge in [-0.15, -0.1) is 0 Å². The predicted molar refractivity (Wildman–Crippen MR) is 123 cm³/mol. The highest BCUT2D eigenvalue weighted by Gasteiger charge is 2.41. The molecule has 3 aromatic carbocycles. The maximum Gasteiger partial charge on any atom is 0.282 e. The Labute approximate surface area is 182 Å². The topological polar surface area (TPSA) is 58.6 Å². The minimum Gasteiger partial charge on any atom is -0.492 e. The van der Waals surface area contributed by atoms with E-state index < -0.39 is 0 Å². The first-order valence-electron chi connectivity index (χ1n) is 10.3. The minimum absolute atomic E-state index is 0.240. The number of anilines is 2. The van der Waals surface area contributed by atoms with Gasteiger partial charge in [0.25, 0.3) is 11.8 Å². The van der Waals surface area contributed by atoms with Crippen molar-refractivity contribution in [3.63, 3.8) is 0 Å². The van der Waals surface area contributed by atoms with E-state index in [0.29, 0.717) is 34.9 Å². The molecule has 0 spiro atoms. The van der Waals surface area contributed by atoms with Crippen LogP contribution in [0.25, 0.3) is 5.57 Å². The Hall–Kier alpha value is -3.86. The predicted octanol–water partition coefficient (Wildman–Crippen LogP) is 5.10. The highest BCUT2D eigenvalue weighted by molar-refractivity contribution is 6.46. The third-order valence-electron chi connectivity index (χ3n) is 5.41. The second-order valence-electron chi connectivity index (χ2n) is 7.33. The van der Waals surface area contributed by atoms with Crippen LogP contribution in [0.2, 0.25) is 0 Å². The van der Waals surface area contributed by atoms with Crippen LogP contribution in [-0.2, 0) is 9.59 Å². The molecular formula is C26H24N2O3. The Balaban J connectivity index is 1.85. The molecular weight excluding hydrogens is 388 g/mol. The molecule has 0 saturated heterocycles. The molecule has 0 fully saturated rings. The zero-order chi connectivity index (χ0) is 22.0. The van der Waals surface area contributed by atoms with Crippen molar-refractivity contribution in [2.75, 3.05) is 16.8 Å². The first-order chi connectivity index (χ1) is 15.0. The largest absolute Gasteiger partial charge is 0.492 e. The Kier molecular flexibility index (Phi) is 5.58. The molecule has 0 aliphatic carbocycles. The van der Waals surface area contributed by atoms with Gasteiger partial charge in [-0.1, -0.05) is 54.6 Å². The number of para-hydroxylation sites is 2. The lowest BCUT2D eigenvalue weighted by Gasteiger charge is -2.19. The molecule has 0 saturated carbocycles. The fourth-order valence-electron chi connectivity index (χ4n) is 3.70. The highest BCUT2D eigenvalue weighted by atomic mass is 16.5. The van der Waals surface area contributed by atoms with Crippen molar-refractivity contribution in [1.82, 2.24) is 0 Å². The number of imide groups is 1. The summed E-state index contributed by atoms with van der Waals surface area (Å²) in [5, 5.41) is 3.20. The molecule has 0 radical (unpaired) electrons. The van der Waals surface area contributed by atoms with Crippen LogP contribution in [0.4, 0.5) is 11.4 Å². The Morgan fingerprint density at radius 2 is 1.55 bits per heavy atom. The van der Waals surface area contributed by atoms with Gasteiger partial charge in [-0.25, -0.2) is 4.90 Å². The molecule has 0 atom stereocenters. The van der Waals surface area contributed by atoms with Crippen LogP contribution in [-0.4, -0.2) is 18.4 Å². The number of carbonyl (C=O) groups is 2. The van der Waals surface area contributed by atoms with Crippen LogP contribution in [0.15, 0.2) is 78.5 Å². The number of hydrogen-bond donors (Lipinski definition) is 1. The number of aryl methyl sites for hydroxylation is 1. The van der Waals surface area contributed by atoms with Gasteiger partial charge in [-0.05, 0) is 55.7 Å². The van der Waals surface area contributed by atoms with Gasteiger partial charge in [0, 0.05) is 0 Å². The monoisotopic (exact) mass is 412 g/mol. The molecule has 0 aromatic heterocycles. The average molecular weight is 412 g/mol. The van der Waals surface area contributed by atoms with Crippen LogP contribution in [0.1, 0.15) is 23.6 Å². The number of ether oxygens (including phenoxy) is 1. The Morgan fingerprint density at radius 1 is 0.839 bits per heavy atom. The number of benzene rings is 3. The van der Waals surface area contributed by atoms with Crippen LogP contribution in [0.3, 0.4) is 0 Å². The van der Waals surface area contributed by atoms with Crippen molar-refractivity contribution in [1.29, 1.82) is 0 Å². The van der Waals surface area contributed by atoms with Crippen LogP contribution in [0, 0.1) is 13.8 Å². The van der Waals surface area contributed by atoms with Crippen molar-refractivity contribution in [3.8, 4) is 5.75 Å². The average Bonchev–Trinajstić information content (AvgIpc) is 3.02. The van der Waals surface area contributed by atoms with Gasteiger partial charge in [-0.2, -0.15) is 0 Å². The summed E-state index contributed by atoms with van der Waals surface area (Å²) in [4.78, 5) is 28.4. The lowest BCUT2D eigenvalue weighted by molar-refractivity contribution is -0.120. The van der Waals surface area contributed by atoms with Gasteiger partial charge >= 0.3 is 0 Å². The van der Waals surface area contributed by atoms with Gasteiger partial charge in [0.2, 0.25) is 0 Å². The molecule has 3 aromatic rings. The maximum atomic E-state index is 13.6. The SMILES string of the molecule is CCOc1ccccc1NC1=C(c2ccccc2)C(=O)N(c2cccc(C)c2C)C1=O. The number of carbonyl (C=O) groups excluding carboxylic acids is 2. The van der Waals surface area contributed by atoms with E-state index in [1.165, 1.54) is 4.90 Å². The summed E-state index contributed by atoms with van der Waals surface area (Å²) in [7, 11) is 0. The summed E-state index contributed by atoms with van der Waals surface area (Å²) in [6.07, 6.45) is 0. The molecule has 1 aliphatic rings. The molecule has 0 unspecified atom stereocenters. The van der Waals surface area contributed by atoms with Gasteiger partial charge in [0.15, 0.2) is 0 Å². The fourth-order valence-corrected chi connectivity index (χ4v) is 3.70. The summed E-state index contributed by atoms with van der Waals surface area (Å²) in [5.74, 6) is -0.111. The van der Waals surface area contributed by atoms with Crippen molar-refractivity contribution in [2.45, 2.75) is 20.8 Å². The molecule has 5 heteroatoms. The van der Waals surface area contributed by atoms with E-state index in [1.54, 1.807) is 6.07 Å². The quantitative estimate of drug-likeness (QED) is 0.573. The molecule has 0 bridgehead atoms. The van der Waals surface area contributed by atoms with E-state index >= 15 is 0 Å². The molecule has 1 heterocycles. The second kappa shape index (κ2) is 8.48. The number of hydrogen-bond acceptors (Lipinski definition) is 4. The molecule has 5 nitrogen and oxygen atoms in total. The van der Waals surface area contributed by atoms with Crippen LogP contribution >= 0.6 is 0 Å². The van der Waals surface area contributed by atoms with Gasteiger partial charge in [0.05, 0.1) is 23.6 Å². The van der Waals surface area contributed by atoms with Gasteiger partial charge in [-0.3, -0.25) is 9.59 Å². The number of amides is 2. The Morgan fingerprint density at radius 3 is 2.29 bits per heavy atom. The number of nitrogens with one attached hydrogen (secondary N) is 1. The summed E-state index contributed by atoms with van der Waals surface area (Å²) >= 11 is 0. The summed E-state index contributed by atoms with van der Waals surface area (Å²) in [6, 6.07) is 22.3. The second-order valence-corrected chi connectivity index (χ2v) is 7.33. The molecule has 156 valence electrons. The van der Waals surface area contributed by atoms with E-state index in [1.807, 2.05) is 87.5 Å². The third kappa shape index (κ3) is 3.70. The summed E-state index contributed by atoms with van der Waals surface area (Å²) < 4.78 is 5.70. The number of nitrogens with zero attached hydrogens (tertiary/aromatic N) is 1. The first kappa shape index (κ1) is 20.4. The molecule has 1 N–H and O–H groups in total. The molecule has 31 heavy (non-hydrogen) atoms. The fraction of sp³-hybridized carbons (Fsp3) is 0.154. The standard InChI is InChI=1S/C26H24N2O3/c1-4-31-22-16-9-8-14-20(22)27-24-23(19-12-6-5-7-13-19)25(29)28(26(24)30)21-15-10-11-17(2)18(21)3/h5-16,27H,4H2,1-3H3. The van der Waals surface area contributed by atoms with Crippen molar-refractivity contribution >= 4 is 28.8 Å². The van der Waals surface area contributed by atoms with Crippen molar-refractivity contribution in [2.24, 2.45) is 0 Å². The van der Waals surface area contributed by atoms with Crippen LogP contribution < -0.4 is 15.0 Å². The van der Waals surface area contributed by atoms with Gasteiger partial charge in [0.1, 0.15) is 11.4 Å². The number of rotatable bonds is 6. The first-order valence-corrected chi connectivity index (χ1v) is 10.3. The van der Waals surface area contributed by atoms with E-state index in [9.17, 15) is 9.59 Å². The zero-order valence-corrected chi connectivity index (χ0v) is 17.8. The van der Waals surface area contributed by atoms with E-state index in [0.717, 1.165) is 11.1 Å². The smallest absolute Gasteiger partial charge is 0.282 e. The maximum absolute atomic E-state index is 13.6. The Bertz CT molecular complexity index is 1180. The van der Waals surface area contributed by atoms with E-state index in [4.69, 9.17) is 4.74 Å². The highest BCUT2D eigenvalue weighted by Crippen LogP contribution is 2.37. The lowest BCUT2D eigenvalue weighted by Crippen LogP contribution is -2.33. The normalized spacial score (nSPS) is 13.7. The molecule has 4 rings (SSSR count). The van der Waals surface area contributed by atoms with Crippen molar-refractivity contribution in [3.05, 3.63) is 95.2 Å². The summed E-state index contributed by atoms with van der Waals surface area (Å²) in [5.41, 5.74) is 4.41.